The Morgan fingerprint density at radius 2 is 1.75 bits per heavy atom. The first-order chi connectivity index (χ1) is 7.66. The Kier molecular flexibility index (Phi) is 1.93. The lowest BCUT2D eigenvalue weighted by Crippen LogP contribution is -2.27. The van der Waals surface area contributed by atoms with E-state index < -0.39 is 11.3 Å². The quantitative estimate of drug-likeness (QED) is 0.688. The third kappa shape index (κ3) is 1.22. The Hall–Kier alpha value is -1.58. The van der Waals surface area contributed by atoms with Crippen LogP contribution in [0.3, 0.4) is 0 Å². The van der Waals surface area contributed by atoms with E-state index in [0.29, 0.717) is 5.92 Å². The fourth-order valence-electron chi connectivity index (χ4n) is 3.07. The minimum atomic E-state index is -0.550. The lowest BCUT2D eigenvalue weighted by atomic mass is 9.69. The number of hydrogen-bond acceptors (Lipinski definition) is 3. The molecule has 1 aromatic rings. The number of aromatic nitrogens is 1. The predicted octanol–water partition coefficient (Wildman–Crippen LogP) is 1.20. The van der Waals surface area contributed by atoms with Gasteiger partial charge in [-0.3, -0.25) is 9.59 Å². The third-order valence-electron chi connectivity index (χ3n) is 3.85. The molecule has 4 nitrogen and oxygen atoms in total. The van der Waals surface area contributed by atoms with Gasteiger partial charge in [-0.1, -0.05) is 0 Å². The van der Waals surface area contributed by atoms with Crippen LogP contribution < -0.4 is 11.0 Å². The van der Waals surface area contributed by atoms with Crippen molar-refractivity contribution in [2.75, 3.05) is 0 Å². The van der Waals surface area contributed by atoms with Crippen LogP contribution in [0.5, 0.6) is 5.75 Å². The lowest BCUT2D eigenvalue weighted by Gasteiger charge is -2.36. The van der Waals surface area contributed by atoms with Crippen LogP contribution in [-0.4, -0.2) is 10.1 Å². The van der Waals surface area contributed by atoms with Gasteiger partial charge in [0.15, 0.2) is 11.2 Å². The second-order valence-electron chi connectivity index (χ2n) is 4.72. The maximum absolute atomic E-state index is 11.9. The largest absolute Gasteiger partial charge is 0.503 e. The van der Waals surface area contributed by atoms with Crippen LogP contribution in [0.1, 0.15) is 48.8 Å². The number of nitrogens with one attached hydrogen (secondary N) is 1. The molecule has 3 aliphatic carbocycles. The average molecular weight is 219 g/mol. The molecule has 1 saturated carbocycles. The molecule has 1 aromatic heterocycles. The summed E-state index contributed by atoms with van der Waals surface area (Å²) in [7, 11) is 0. The van der Waals surface area contributed by atoms with E-state index in [2.05, 4.69) is 4.98 Å². The van der Waals surface area contributed by atoms with Crippen molar-refractivity contribution in [2.24, 2.45) is 0 Å². The molecule has 84 valence electrons. The molecule has 4 heteroatoms. The maximum atomic E-state index is 11.9. The normalized spacial score (nSPS) is 26.5. The summed E-state index contributed by atoms with van der Waals surface area (Å²) in [5.74, 6) is 0.0981. The van der Waals surface area contributed by atoms with Gasteiger partial charge in [-0.05, 0) is 37.5 Å². The van der Waals surface area contributed by atoms with Crippen molar-refractivity contribution in [3.63, 3.8) is 0 Å². The van der Waals surface area contributed by atoms with Crippen molar-refractivity contribution in [3.05, 3.63) is 37.9 Å². The summed E-state index contributed by atoms with van der Waals surface area (Å²) in [4.78, 5) is 26.1. The SMILES string of the molecule is O=c1cc(O)c(=O)[nH]c2c1C1CCC2CC1. The fourth-order valence-corrected chi connectivity index (χ4v) is 3.07. The monoisotopic (exact) mass is 219 g/mol. The van der Waals surface area contributed by atoms with Crippen LogP contribution in [0.2, 0.25) is 0 Å². The summed E-state index contributed by atoms with van der Waals surface area (Å²) in [6.45, 7) is 0. The highest BCUT2D eigenvalue weighted by molar-refractivity contribution is 5.34. The van der Waals surface area contributed by atoms with Crippen molar-refractivity contribution < 1.29 is 5.11 Å². The summed E-state index contributed by atoms with van der Waals surface area (Å²) >= 11 is 0. The molecule has 2 N–H and O–H groups in total. The first kappa shape index (κ1) is 9.63. The van der Waals surface area contributed by atoms with Crippen molar-refractivity contribution in [1.82, 2.24) is 4.98 Å². The summed E-state index contributed by atoms with van der Waals surface area (Å²) in [5.41, 5.74) is 0.767. The summed E-state index contributed by atoms with van der Waals surface area (Å²) in [5, 5.41) is 9.37. The summed E-state index contributed by atoms with van der Waals surface area (Å²) in [6.07, 6.45) is 4.13. The van der Waals surface area contributed by atoms with Crippen molar-refractivity contribution >= 4 is 0 Å². The first-order valence-electron chi connectivity index (χ1n) is 5.67. The average Bonchev–Trinajstić information content (AvgIpc) is 2.40. The van der Waals surface area contributed by atoms with Gasteiger partial charge in [0.2, 0.25) is 0 Å². The van der Waals surface area contributed by atoms with Crippen molar-refractivity contribution in [3.8, 4) is 5.75 Å². The first-order valence-corrected chi connectivity index (χ1v) is 5.67. The maximum Gasteiger partial charge on any atom is 0.290 e. The van der Waals surface area contributed by atoms with E-state index in [1.807, 2.05) is 0 Å². The molecule has 0 saturated heterocycles. The van der Waals surface area contributed by atoms with E-state index in [-0.39, 0.29) is 11.3 Å². The number of fused-ring (bicyclic) bond motifs is 2. The second-order valence-corrected chi connectivity index (χ2v) is 4.72. The lowest BCUT2D eigenvalue weighted by molar-refractivity contribution is 0.349. The van der Waals surface area contributed by atoms with Crippen molar-refractivity contribution in [2.45, 2.75) is 37.5 Å². The van der Waals surface area contributed by atoms with Gasteiger partial charge in [0.1, 0.15) is 0 Å². The molecule has 0 atom stereocenters. The molecule has 16 heavy (non-hydrogen) atoms. The molecule has 0 spiro atoms. The molecule has 0 unspecified atom stereocenters. The van der Waals surface area contributed by atoms with Gasteiger partial charge >= 0.3 is 0 Å². The van der Waals surface area contributed by atoms with Gasteiger partial charge in [-0.15, -0.1) is 0 Å². The molecular formula is C12H13NO3. The van der Waals surface area contributed by atoms with E-state index in [1.54, 1.807) is 0 Å². The van der Waals surface area contributed by atoms with E-state index in [9.17, 15) is 14.7 Å². The molecule has 3 aliphatic rings. The zero-order chi connectivity index (χ0) is 11.3. The number of hydrogen-bond donors (Lipinski definition) is 2. The highest BCUT2D eigenvalue weighted by Crippen LogP contribution is 2.46. The highest BCUT2D eigenvalue weighted by atomic mass is 16.3. The van der Waals surface area contributed by atoms with Gasteiger partial charge < -0.3 is 10.1 Å². The van der Waals surface area contributed by atoms with E-state index in [0.717, 1.165) is 43.0 Å². The van der Waals surface area contributed by atoms with Crippen LogP contribution in [0.4, 0.5) is 0 Å². The zero-order valence-corrected chi connectivity index (χ0v) is 8.82. The van der Waals surface area contributed by atoms with Gasteiger partial charge in [0.25, 0.3) is 5.56 Å². The standard InChI is InChI=1S/C12H13NO3/c14-8-5-9(15)12(16)13-11-7-3-1-6(2-4-7)10(8)11/h5-7,15H,1-4H2,(H,13,16). The summed E-state index contributed by atoms with van der Waals surface area (Å²) < 4.78 is 0. The molecule has 2 bridgehead atoms. The van der Waals surface area contributed by atoms with Crippen LogP contribution in [0.25, 0.3) is 0 Å². The molecule has 0 aromatic carbocycles. The van der Waals surface area contributed by atoms with E-state index in [1.165, 1.54) is 0 Å². The third-order valence-corrected chi connectivity index (χ3v) is 3.85. The van der Waals surface area contributed by atoms with Crippen LogP contribution in [0, 0.1) is 0 Å². The fraction of sp³-hybridized carbons (Fsp3) is 0.500. The molecule has 0 radical (unpaired) electrons. The zero-order valence-electron chi connectivity index (χ0n) is 8.82. The van der Waals surface area contributed by atoms with Crippen molar-refractivity contribution in [1.29, 1.82) is 0 Å². The molecular weight excluding hydrogens is 206 g/mol. The molecule has 1 heterocycles. The number of aromatic amines is 1. The second kappa shape index (κ2) is 3.20. The highest BCUT2D eigenvalue weighted by Gasteiger charge is 2.35. The number of rotatable bonds is 0. The van der Waals surface area contributed by atoms with Gasteiger partial charge in [0, 0.05) is 17.3 Å². The van der Waals surface area contributed by atoms with Crippen LogP contribution in [-0.2, 0) is 0 Å². The Labute approximate surface area is 92.0 Å². The van der Waals surface area contributed by atoms with Gasteiger partial charge in [-0.2, -0.15) is 0 Å². The van der Waals surface area contributed by atoms with Gasteiger partial charge in [-0.25, -0.2) is 0 Å². The predicted molar refractivity (Wildman–Crippen MR) is 58.9 cm³/mol. The topological polar surface area (TPSA) is 70.2 Å². The Morgan fingerprint density at radius 1 is 1.12 bits per heavy atom. The Bertz CT molecular complexity index is 553. The van der Waals surface area contributed by atoms with E-state index >= 15 is 0 Å². The molecule has 0 aliphatic heterocycles. The minimum Gasteiger partial charge on any atom is -0.503 e. The van der Waals surface area contributed by atoms with Crippen LogP contribution >= 0.6 is 0 Å². The van der Waals surface area contributed by atoms with Crippen LogP contribution in [0.15, 0.2) is 15.7 Å². The Morgan fingerprint density at radius 3 is 2.44 bits per heavy atom. The smallest absolute Gasteiger partial charge is 0.290 e. The Balaban J connectivity index is 2.40. The minimum absolute atomic E-state index is 0.194. The molecule has 1 fully saturated rings. The summed E-state index contributed by atoms with van der Waals surface area (Å²) in [6, 6.07) is 1.05. The van der Waals surface area contributed by atoms with Gasteiger partial charge in [0.05, 0.1) is 0 Å². The molecule has 4 rings (SSSR count). The number of H-pyrrole nitrogens is 1. The molecule has 0 amide bonds. The number of aromatic hydroxyl groups is 1. The van der Waals surface area contributed by atoms with E-state index in [4.69, 9.17) is 0 Å².